The summed E-state index contributed by atoms with van der Waals surface area (Å²) in [7, 11) is 0. The second-order valence-corrected chi connectivity index (χ2v) is 3.67. The van der Waals surface area contributed by atoms with Crippen molar-refractivity contribution in [1.82, 2.24) is 0 Å². The van der Waals surface area contributed by atoms with Gasteiger partial charge in [-0.15, -0.1) is 0 Å². The summed E-state index contributed by atoms with van der Waals surface area (Å²) in [5.74, 6) is 0.446. The Bertz CT molecular complexity index is 587. The van der Waals surface area contributed by atoms with E-state index in [0.717, 1.165) is 5.56 Å². The minimum atomic E-state index is -0.367. The van der Waals surface area contributed by atoms with Gasteiger partial charge in [-0.05, 0) is 36.8 Å². The Labute approximate surface area is 98.9 Å². The second-order valence-electron chi connectivity index (χ2n) is 3.67. The van der Waals surface area contributed by atoms with Crippen LogP contribution in [-0.4, -0.2) is 0 Å². The first-order chi connectivity index (χ1) is 8.19. The van der Waals surface area contributed by atoms with Crippen LogP contribution in [0.2, 0.25) is 0 Å². The fraction of sp³-hybridized carbons (Fsp3) is 0.0714. The van der Waals surface area contributed by atoms with Crippen molar-refractivity contribution in [2.75, 3.05) is 0 Å². The maximum atomic E-state index is 13.0. The van der Waals surface area contributed by atoms with Gasteiger partial charge in [-0.2, -0.15) is 5.26 Å². The molecule has 2 aromatic carbocycles. The number of halogens is 1. The van der Waals surface area contributed by atoms with E-state index in [0.29, 0.717) is 17.1 Å². The molecule has 2 nitrogen and oxygen atoms in total. The molecule has 0 aliphatic rings. The lowest BCUT2D eigenvalue weighted by molar-refractivity contribution is 0.475. The number of aryl methyl sites for hydroxylation is 1. The number of nitrogens with zero attached hydrogens (tertiary/aromatic N) is 1. The highest BCUT2D eigenvalue weighted by Crippen LogP contribution is 2.26. The molecule has 0 atom stereocenters. The maximum absolute atomic E-state index is 13.0. The second kappa shape index (κ2) is 4.67. The molecule has 0 aliphatic carbocycles. The molecule has 0 radical (unpaired) electrons. The van der Waals surface area contributed by atoms with Crippen LogP contribution in [0.4, 0.5) is 4.39 Å². The van der Waals surface area contributed by atoms with Crippen molar-refractivity contribution in [3.8, 4) is 17.6 Å². The lowest BCUT2D eigenvalue weighted by Gasteiger charge is -2.07. The lowest BCUT2D eigenvalue weighted by Crippen LogP contribution is -1.89. The number of nitriles is 1. The minimum absolute atomic E-state index is 0.367. The van der Waals surface area contributed by atoms with Crippen LogP contribution >= 0.6 is 0 Å². The summed E-state index contributed by atoms with van der Waals surface area (Å²) < 4.78 is 18.4. The van der Waals surface area contributed by atoms with Crippen LogP contribution in [0.5, 0.6) is 11.5 Å². The average molecular weight is 227 g/mol. The summed E-state index contributed by atoms with van der Waals surface area (Å²) >= 11 is 0. The van der Waals surface area contributed by atoms with E-state index in [9.17, 15) is 4.39 Å². The van der Waals surface area contributed by atoms with Crippen LogP contribution in [0.15, 0.2) is 42.5 Å². The standard InChI is InChI=1S/C14H10FNO/c1-10-5-6-14(11(7-10)9-16)17-13-4-2-3-12(15)8-13/h2-8H,1H3. The van der Waals surface area contributed by atoms with E-state index in [1.54, 1.807) is 24.3 Å². The van der Waals surface area contributed by atoms with Gasteiger partial charge in [0.2, 0.25) is 0 Å². The number of rotatable bonds is 2. The molecule has 0 unspecified atom stereocenters. The van der Waals surface area contributed by atoms with Gasteiger partial charge in [0.1, 0.15) is 23.4 Å². The molecule has 0 aromatic heterocycles. The third-order valence-corrected chi connectivity index (χ3v) is 2.28. The van der Waals surface area contributed by atoms with Crippen molar-refractivity contribution in [2.45, 2.75) is 6.92 Å². The van der Waals surface area contributed by atoms with Crippen LogP contribution in [0.1, 0.15) is 11.1 Å². The first-order valence-corrected chi connectivity index (χ1v) is 5.13. The normalized spacial score (nSPS) is 9.71. The first kappa shape index (κ1) is 11.2. The highest BCUT2D eigenvalue weighted by Gasteiger charge is 2.05. The van der Waals surface area contributed by atoms with E-state index < -0.39 is 0 Å². The highest BCUT2D eigenvalue weighted by atomic mass is 19.1. The molecule has 0 aliphatic heterocycles. The Hall–Kier alpha value is -2.34. The summed E-state index contributed by atoms with van der Waals surface area (Å²) in [6.07, 6.45) is 0. The summed E-state index contributed by atoms with van der Waals surface area (Å²) in [6, 6.07) is 13.2. The van der Waals surface area contributed by atoms with Crippen molar-refractivity contribution < 1.29 is 9.13 Å². The van der Waals surface area contributed by atoms with Crippen molar-refractivity contribution in [2.24, 2.45) is 0 Å². The summed E-state index contributed by atoms with van der Waals surface area (Å²) in [4.78, 5) is 0. The Balaban J connectivity index is 2.34. The van der Waals surface area contributed by atoms with Crippen molar-refractivity contribution in [1.29, 1.82) is 5.26 Å². The SMILES string of the molecule is Cc1ccc(Oc2cccc(F)c2)c(C#N)c1. The quantitative estimate of drug-likeness (QED) is 0.781. The highest BCUT2D eigenvalue weighted by molar-refractivity contribution is 5.47. The largest absolute Gasteiger partial charge is 0.456 e. The zero-order chi connectivity index (χ0) is 12.3. The smallest absolute Gasteiger partial charge is 0.145 e. The van der Waals surface area contributed by atoms with Gasteiger partial charge in [-0.1, -0.05) is 12.1 Å². The zero-order valence-electron chi connectivity index (χ0n) is 9.27. The van der Waals surface area contributed by atoms with Crippen molar-refractivity contribution in [3.05, 3.63) is 59.4 Å². The van der Waals surface area contributed by atoms with E-state index >= 15 is 0 Å². The Kier molecular flexibility index (Phi) is 3.06. The van der Waals surface area contributed by atoms with Gasteiger partial charge in [0.05, 0.1) is 5.56 Å². The van der Waals surface area contributed by atoms with Crippen LogP contribution in [0, 0.1) is 24.1 Å². The monoisotopic (exact) mass is 227 g/mol. The molecule has 3 heteroatoms. The number of benzene rings is 2. The van der Waals surface area contributed by atoms with Crippen LogP contribution in [0.3, 0.4) is 0 Å². The van der Waals surface area contributed by atoms with Gasteiger partial charge in [-0.25, -0.2) is 4.39 Å². The molecular formula is C14H10FNO. The molecule has 84 valence electrons. The number of hydrogen-bond donors (Lipinski definition) is 0. The third-order valence-electron chi connectivity index (χ3n) is 2.28. The first-order valence-electron chi connectivity index (χ1n) is 5.13. The van der Waals surface area contributed by atoms with Crippen molar-refractivity contribution >= 4 is 0 Å². The van der Waals surface area contributed by atoms with Gasteiger partial charge < -0.3 is 4.74 Å². The van der Waals surface area contributed by atoms with Crippen molar-refractivity contribution in [3.63, 3.8) is 0 Å². The predicted molar refractivity (Wildman–Crippen MR) is 62.4 cm³/mol. The molecular weight excluding hydrogens is 217 g/mol. The molecule has 0 saturated carbocycles. The van der Waals surface area contributed by atoms with Crippen LogP contribution in [-0.2, 0) is 0 Å². The number of ether oxygens (including phenoxy) is 1. The molecule has 0 N–H and O–H groups in total. The Morgan fingerprint density at radius 2 is 2.00 bits per heavy atom. The molecule has 0 heterocycles. The van der Waals surface area contributed by atoms with Crippen LogP contribution < -0.4 is 4.74 Å². The molecule has 2 rings (SSSR count). The third kappa shape index (κ3) is 2.61. The van der Waals surface area contributed by atoms with Gasteiger partial charge >= 0.3 is 0 Å². The molecule has 0 saturated heterocycles. The van der Waals surface area contributed by atoms with Gasteiger partial charge in [0, 0.05) is 6.07 Å². The van der Waals surface area contributed by atoms with Gasteiger partial charge in [-0.3, -0.25) is 0 Å². The molecule has 0 fully saturated rings. The van der Waals surface area contributed by atoms with Crippen LogP contribution in [0.25, 0.3) is 0 Å². The van der Waals surface area contributed by atoms with E-state index in [-0.39, 0.29) is 5.82 Å². The topological polar surface area (TPSA) is 33.0 Å². The number of hydrogen-bond acceptors (Lipinski definition) is 2. The molecule has 0 amide bonds. The molecule has 0 spiro atoms. The van der Waals surface area contributed by atoms with E-state index in [1.807, 2.05) is 13.0 Å². The molecule has 0 bridgehead atoms. The zero-order valence-corrected chi connectivity index (χ0v) is 9.27. The van der Waals surface area contributed by atoms with E-state index in [1.165, 1.54) is 12.1 Å². The Morgan fingerprint density at radius 1 is 1.18 bits per heavy atom. The Morgan fingerprint density at radius 3 is 2.71 bits per heavy atom. The fourth-order valence-corrected chi connectivity index (χ4v) is 1.48. The summed E-state index contributed by atoms with van der Waals surface area (Å²) in [5.41, 5.74) is 1.42. The van der Waals surface area contributed by atoms with E-state index in [2.05, 4.69) is 6.07 Å². The van der Waals surface area contributed by atoms with Gasteiger partial charge in [0.15, 0.2) is 0 Å². The minimum Gasteiger partial charge on any atom is -0.456 e. The average Bonchev–Trinajstić information content (AvgIpc) is 2.31. The summed E-state index contributed by atoms with van der Waals surface area (Å²) in [5, 5.41) is 8.97. The fourth-order valence-electron chi connectivity index (χ4n) is 1.48. The predicted octanol–water partition coefficient (Wildman–Crippen LogP) is 3.80. The van der Waals surface area contributed by atoms with E-state index in [4.69, 9.17) is 10.00 Å². The molecule has 2 aromatic rings. The lowest BCUT2D eigenvalue weighted by atomic mass is 10.1. The van der Waals surface area contributed by atoms with Gasteiger partial charge in [0.25, 0.3) is 0 Å². The summed E-state index contributed by atoms with van der Waals surface area (Å²) in [6.45, 7) is 1.90. The molecule has 17 heavy (non-hydrogen) atoms. The maximum Gasteiger partial charge on any atom is 0.145 e.